The molecule has 1 saturated heterocycles. The number of carbonyl (C=O) groups excluding carboxylic acids is 2. The summed E-state index contributed by atoms with van der Waals surface area (Å²) in [7, 11) is -1.52. The lowest BCUT2D eigenvalue weighted by Crippen LogP contribution is -2.44. The summed E-state index contributed by atoms with van der Waals surface area (Å²) in [6.45, 7) is 3.71. The van der Waals surface area contributed by atoms with Crippen molar-refractivity contribution in [3.05, 3.63) is 29.5 Å². The van der Waals surface area contributed by atoms with E-state index in [1.54, 1.807) is 39.2 Å². The second-order valence-electron chi connectivity index (χ2n) is 6.91. The van der Waals surface area contributed by atoms with Crippen molar-refractivity contribution < 1.29 is 27.2 Å². The summed E-state index contributed by atoms with van der Waals surface area (Å²) in [4.78, 5) is 26.6. The number of aryl methyl sites for hydroxylation is 1. The zero-order valence-corrected chi connectivity index (χ0v) is 17.0. The van der Waals surface area contributed by atoms with E-state index in [2.05, 4.69) is 5.32 Å². The molecule has 1 aromatic carbocycles. The Morgan fingerprint density at radius 3 is 2.71 bits per heavy atom. The fourth-order valence-electron chi connectivity index (χ4n) is 3.36. The Kier molecular flexibility index (Phi) is 5.64. The Bertz CT molecular complexity index is 1010. The maximum absolute atomic E-state index is 12.9. The van der Waals surface area contributed by atoms with E-state index in [1.807, 2.05) is 0 Å². The van der Waals surface area contributed by atoms with Crippen molar-refractivity contribution in [1.82, 2.24) is 10.2 Å². The number of ether oxygens (including phenoxy) is 1. The highest BCUT2D eigenvalue weighted by molar-refractivity contribution is 7.91. The molecule has 0 radical (unpaired) electrons. The van der Waals surface area contributed by atoms with Gasteiger partial charge in [0.15, 0.2) is 15.6 Å². The zero-order valence-electron chi connectivity index (χ0n) is 16.1. The van der Waals surface area contributed by atoms with Crippen LogP contribution in [0.4, 0.5) is 0 Å². The van der Waals surface area contributed by atoms with Crippen molar-refractivity contribution in [3.63, 3.8) is 0 Å². The Labute approximate surface area is 163 Å². The summed E-state index contributed by atoms with van der Waals surface area (Å²) in [6, 6.07) is 4.89. The van der Waals surface area contributed by atoms with Crippen LogP contribution in [0.25, 0.3) is 11.0 Å². The van der Waals surface area contributed by atoms with Crippen molar-refractivity contribution in [2.45, 2.75) is 26.3 Å². The number of carbonyl (C=O) groups is 2. The number of sulfone groups is 1. The lowest BCUT2D eigenvalue weighted by Gasteiger charge is -2.20. The van der Waals surface area contributed by atoms with Crippen LogP contribution in [0.5, 0.6) is 5.75 Å². The predicted molar refractivity (Wildman–Crippen MR) is 104 cm³/mol. The number of rotatable bonds is 6. The van der Waals surface area contributed by atoms with Crippen molar-refractivity contribution in [2.75, 3.05) is 31.7 Å². The minimum atomic E-state index is -3.08. The van der Waals surface area contributed by atoms with Gasteiger partial charge in [0.1, 0.15) is 11.3 Å². The summed E-state index contributed by atoms with van der Waals surface area (Å²) in [6.07, 6.45) is 0.401. The maximum Gasteiger partial charge on any atom is 0.290 e. The van der Waals surface area contributed by atoms with Gasteiger partial charge in [-0.2, -0.15) is 0 Å². The first-order chi connectivity index (χ1) is 13.2. The van der Waals surface area contributed by atoms with E-state index in [0.29, 0.717) is 29.9 Å². The quantitative estimate of drug-likeness (QED) is 0.777. The van der Waals surface area contributed by atoms with Gasteiger partial charge in [0.2, 0.25) is 5.91 Å². The van der Waals surface area contributed by atoms with E-state index >= 15 is 0 Å². The molecule has 0 saturated carbocycles. The summed E-state index contributed by atoms with van der Waals surface area (Å²) >= 11 is 0. The van der Waals surface area contributed by atoms with E-state index in [1.165, 1.54) is 4.90 Å². The number of fused-ring (bicyclic) bond motifs is 1. The van der Waals surface area contributed by atoms with Gasteiger partial charge in [0.25, 0.3) is 5.91 Å². The molecular weight excluding hydrogens is 384 g/mol. The highest BCUT2D eigenvalue weighted by atomic mass is 32.2. The van der Waals surface area contributed by atoms with Gasteiger partial charge in [-0.15, -0.1) is 0 Å². The van der Waals surface area contributed by atoms with Crippen LogP contribution in [0.1, 0.15) is 29.5 Å². The van der Waals surface area contributed by atoms with Gasteiger partial charge in [0, 0.05) is 23.5 Å². The van der Waals surface area contributed by atoms with Crippen LogP contribution < -0.4 is 10.1 Å². The lowest BCUT2D eigenvalue weighted by molar-refractivity contribution is -0.122. The van der Waals surface area contributed by atoms with Gasteiger partial charge in [-0.25, -0.2) is 8.42 Å². The van der Waals surface area contributed by atoms with E-state index in [0.717, 1.165) is 5.39 Å². The third kappa shape index (κ3) is 4.14. The van der Waals surface area contributed by atoms with Gasteiger partial charge in [-0.3, -0.25) is 9.59 Å². The van der Waals surface area contributed by atoms with Crippen molar-refractivity contribution in [3.8, 4) is 5.75 Å². The number of likely N-dealkylation sites (N-methyl/N-ethyl adjacent to an activating group) is 1. The van der Waals surface area contributed by atoms with Gasteiger partial charge in [-0.05, 0) is 38.5 Å². The van der Waals surface area contributed by atoms with Gasteiger partial charge >= 0.3 is 0 Å². The number of nitrogens with one attached hydrogen (secondary N) is 1. The molecule has 1 N–H and O–H groups in total. The van der Waals surface area contributed by atoms with Crippen LogP contribution >= 0.6 is 0 Å². The second kappa shape index (κ2) is 7.83. The average Bonchev–Trinajstić information content (AvgIpc) is 3.17. The molecule has 9 heteroatoms. The molecular formula is C19H24N2O6S. The molecule has 3 rings (SSSR count). The number of benzene rings is 1. The number of hydrogen-bond acceptors (Lipinski definition) is 6. The third-order valence-electron chi connectivity index (χ3n) is 4.94. The molecule has 0 spiro atoms. The lowest BCUT2D eigenvalue weighted by atomic mass is 10.1. The van der Waals surface area contributed by atoms with Crippen LogP contribution in [0.3, 0.4) is 0 Å². The highest BCUT2D eigenvalue weighted by Gasteiger charge is 2.30. The van der Waals surface area contributed by atoms with Crippen LogP contribution in [0.2, 0.25) is 0 Å². The van der Waals surface area contributed by atoms with Gasteiger partial charge in [-0.1, -0.05) is 0 Å². The van der Waals surface area contributed by atoms with E-state index in [4.69, 9.17) is 9.15 Å². The maximum atomic E-state index is 12.9. The SMILES string of the molecule is CCN(CC(=O)N[C@@H]1CCS(=O)(=O)C1)C(=O)c1oc2ccc(OC)cc2c1C. The molecule has 0 aliphatic carbocycles. The fourth-order valence-corrected chi connectivity index (χ4v) is 5.03. The van der Waals surface area contributed by atoms with Crippen LogP contribution in [0, 0.1) is 6.92 Å². The van der Waals surface area contributed by atoms with Gasteiger partial charge < -0.3 is 19.4 Å². The van der Waals surface area contributed by atoms with Crippen LogP contribution in [0.15, 0.2) is 22.6 Å². The molecule has 8 nitrogen and oxygen atoms in total. The smallest absolute Gasteiger partial charge is 0.290 e. The first-order valence-corrected chi connectivity index (χ1v) is 10.9. The molecule has 1 fully saturated rings. The minimum Gasteiger partial charge on any atom is -0.497 e. The Hall–Kier alpha value is -2.55. The zero-order chi connectivity index (χ0) is 20.5. The highest BCUT2D eigenvalue weighted by Crippen LogP contribution is 2.29. The number of nitrogens with zero attached hydrogens (tertiary/aromatic N) is 1. The molecule has 1 aliphatic rings. The monoisotopic (exact) mass is 408 g/mol. The van der Waals surface area contributed by atoms with Crippen molar-refractivity contribution in [1.29, 1.82) is 0 Å². The van der Waals surface area contributed by atoms with Gasteiger partial charge in [0.05, 0.1) is 25.2 Å². The first-order valence-electron chi connectivity index (χ1n) is 9.10. The Morgan fingerprint density at radius 1 is 1.36 bits per heavy atom. The standard InChI is InChI=1S/C19H24N2O6S/c1-4-21(10-17(22)20-13-7-8-28(24,25)11-13)19(23)18-12(2)15-9-14(26-3)5-6-16(15)27-18/h5-6,9,13H,4,7-8,10-11H2,1-3H3,(H,20,22)/t13-/m1/s1. The minimum absolute atomic E-state index is 0.0523. The largest absolute Gasteiger partial charge is 0.497 e. The molecule has 2 aromatic rings. The number of furan rings is 1. The second-order valence-corrected chi connectivity index (χ2v) is 9.13. The average molecular weight is 408 g/mol. The molecule has 2 amide bonds. The summed E-state index contributed by atoms with van der Waals surface area (Å²) in [5.74, 6) is 0.103. The fraction of sp³-hybridized carbons (Fsp3) is 0.474. The van der Waals surface area contributed by atoms with E-state index < -0.39 is 15.9 Å². The number of methoxy groups -OCH3 is 1. The summed E-state index contributed by atoms with van der Waals surface area (Å²) in [5.41, 5.74) is 1.25. The number of hydrogen-bond donors (Lipinski definition) is 1. The topological polar surface area (TPSA) is 106 Å². The molecule has 2 heterocycles. The molecule has 152 valence electrons. The van der Waals surface area contributed by atoms with E-state index in [-0.39, 0.29) is 35.6 Å². The Morgan fingerprint density at radius 2 is 2.11 bits per heavy atom. The normalized spacial score (nSPS) is 18.2. The van der Waals surface area contributed by atoms with Crippen molar-refractivity contribution >= 4 is 32.6 Å². The molecule has 1 aliphatic heterocycles. The predicted octanol–water partition coefficient (Wildman–Crippen LogP) is 1.52. The van der Waals surface area contributed by atoms with Crippen molar-refractivity contribution in [2.24, 2.45) is 0 Å². The summed E-state index contributed by atoms with van der Waals surface area (Å²) < 4.78 is 34.0. The Balaban J connectivity index is 1.73. The molecule has 28 heavy (non-hydrogen) atoms. The number of amides is 2. The van der Waals surface area contributed by atoms with Crippen LogP contribution in [-0.4, -0.2) is 62.9 Å². The molecule has 1 atom stereocenters. The first kappa shape index (κ1) is 20.2. The van der Waals surface area contributed by atoms with Crippen LogP contribution in [-0.2, 0) is 14.6 Å². The molecule has 0 unspecified atom stereocenters. The molecule has 1 aromatic heterocycles. The third-order valence-corrected chi connectivity index (χ3v) is 6.71. The summed E-state index contributed by atoms with van der Waals surface area (Å²) in [5, 5.41) is 3.48. The molecule has 0 bridgehead atoms. The van der Waals surface area contributed by atoms with E-state index in [9.17, 15) is 18.0 Å².